The van der Waals surface area contributed by atoms with E-state index in [1.54, 1.807) is 12.1 Å². The van der Waals surface area contributed by atoms with Crippen molar-refractivity contribution in [1.29, 1.82) is 0 Å². The third-order valence-electron chi connectivity index (χ3n) is 4.68. The zero-order valence-corrected chi connectivity index (χ0v) is 13.4. The van der Waals surface area contributed by atoms with Crippen LogP contribution in [0.4, 0.5) is 0 Å². The summed E-state index contributed by atoms with van der Waals surface area (Å²) < 4.78 is 1.87. The lowest BCUT2D eigenvalue weighted by Gasteiger charge is -2.23. The number of fused-ring (bicyclic) bond motifs is 2. The van der Waals surface area contributed by atoms with E-state index in [1.807, 2.05) is 36.1 Å². The molecule has 1 aliphatic rings. The second-order valence-electron chi connectivity index (χ2n) is 6.19. The van der Waals surface area contributed by atoms with Gasteiger partial charge in [0, 0.05) is 23.7 Å². The van der Waals surface area contributed by atoms with Crippen LogP contribution < -0.4 is 10.9 Å². The zero-order valence-electron chi connectivity index (χ0n) is 13.4. The van der Waals surface area contributed by atoms with Crippen molar-refractivity contribution in [2.45, 2.75) is 25.3 Å². The van der Waals surface area contributed by atoms with Crippen molar-refractivity contribution in [3.05, 3.63) is 63.8 Å². The standard InChI is InChI=1S/C18H18N4O2/c1-22-16-8-4-7-14(13(16)10-19-22)20-18(24)15-9-11-5-2-3-6-12(11)17(23)21-15/h2-3,5-6,9-10,14H,4,7-8H2,1H3,(H,20,24)(H,21,23)/t14-/m1/s1. The van der Waals surface area contributed by atoms with Crippen LogP contribution in [0.5, 0.6) is 0 Å². The van der Waals surface area contributed by atoms with Gasteiger partial charge in [0.2, 0.25) is 0 Å². The molecule has 122 valence electrons. The zero-order chi connectivity index (χ0) is 16.7. The lowest BCUT2D eigenvalue weighted by Crippen LogP contribution is -2.32. The number of pyridine rings is 1. The molecule has 2 aromatic heterocycles. The number of hydrogen-bond donors (Lipinski definition) is 2. The molecule has 1 aromatic carbocycles. The molecule has 3 aromatic rings. The van der Waals surface area contributed by atoms with E-state index >= 15 is 0 Å². The predicted molar refractivity (Wildman–Crippen MR) is 90.9 cm³/mol. The first-order chi connectivity index (χ1) is 11.6. The Labute approximate surface area is 138 Å². The summed E-state index contributed by atoms with van der Waals surface area (Å²) >= 11 is 0. The van der Waals surface area contributed by atoms with Gasteiger partial charge in [0.1, 0.15) is 5.69 Å². The van der Waals surface area contributed by atoms with E-state index in [-0.39, 0.29) is 23.2 Å². The third kappa shape index (κ3) is 2.40. The summed E-state index contributed by atoms with van der Waals surface area (Å²) in [6.07, 6.45) is 4.68. The smallest absolute Gasteiger partial charge is 0.268 e. The number of carbonyl (C=O) groups is 1. The van der Waals surface area contributed by atoms with E-state index in [0.717, 1.165) is 30.2 Å². The van der Waals surface area contributed by atoms with Gasteiger partial charge in [-0.1, -0.05) is 18.2 Å². The van der Waals surface area contributed by atoms with Crippen LogP contribution in [0, 0.1) is 0 Å². The molecule has 6 nitrogen and oxygen atoms in total. The highest BCUT2D eigenvalue weighted by Crippen LogP contribution is 2.29. The van der Waals surface area contributed by atoms with E-state index in [1.165, 1.54) is 5.69 Å². The Bertz CT molecular complexity index is 986. The van der Waals surface area contributed by atoms with Gasteiger partial charge in [0.05, 0.1) is 12.2 Å². The Balaban J connectivity index is 1.65. The summed E-state index contributed by atoms with van der Waals surface area (Å²) in [6.45, 7) is 0. The average molecular weight is 322 g/mol. The number of carbonyl (C=O) groups excluding carboxylic acids is 1. The highest BCUT2D eigenvalue weighted by atomic mass is 16.2. The van der Waals surface area contributed by atoms with Gasteiger partial charge in [-0.25, -0.2) is 0 Å². The lowest BCUT2D eigenvalue weighted by atomic mass is 9.93. The molecule has 0 spiro atoms. The molecule has 1 atom stereocenters. The molecule has 2 heterocycles. The van der Waals surface area contributed by atoms with E-state index in [9.17, 15) is 9.59 Å². The first-order valence-corrected chi connectivity index (χ1v) is 8.07. The molecule has 1 amide bonds. The van der Waals surface area contributed by atoms with Gasteiger partial charge in [0.25, 0.3) is 11.5 Å². The fraction of sp³-hybridized carbons (Fsp3) is 0.278. The molecule has 6 heteroatoms. The maximum absolute atomic E-state index is 12.6. The van der Waals surface area contributed by atoms with Crippen LogP contribution in [0.15, 0.2) is 41.3 Å². The quantitative estimate of drug-likeness (QED) is 0.758. The molecular formula is C18H18N4O2. The highest BCUT2D eigenvalue weighted by Gasteiger charge is 2.25. The fourth-order valence-electron chi connectivity index (χ4n) is 3.43. The summed E-state index contributed by atoms with van der Waals surface area (Å²) in [6, 6.07) is 8.90. The Hall–Kier alpha value is -2.89. The van der Waals surface area contributed by atoms with Crippen LogP contribution in [0.1, 0.15) is 40.6 Å². The number of nitrogens with zero attached hydrogens (tertiary/aromatic N) is 2. The third-order valence-corrected chi connectivity index (χ3v) is 4.68. The van der Waals surface area contributed by atoms with Gasteiger partial charge in [-0.15, -0.1) is 0 Å². The first-order valence-electron chi connectivity index (χ1n) is 8.07. The van der Waals surface area contributed by atoms with Crippen molar-refractivity contribution in [2.24, 2.45) is 7.05 Å². The minimum absolute atomic E-state index is 0.0649. The number of aryl methyl sites for hydroxylation is 1. The molecule has 0 radical (unpaired) electrons. The van der Waals surface area contributed by atoms with Crippen LogP contribution in [0.2, 0.25) is 0 Å². The molecule has 0 aliphatic heterocycles. The maximum Gasteiger partial charge on any atom is 0.268 e. The molecule has 0 unspecified atom stereocenters. The van der Waals surface area contributed by atoms with Gasteiger partial charge in [-0.3, -0.25) is 14.3 Å². The molecule has 0 fully saturated rings. The number of rotatable bonds is 2. The van der Waals surface area contributed by atoms with Crippen molar-refractivity contribution in [1.82, 2.24) is 20.1 Å². The summed E-state index contributed by atoms with van der Waals surface area (Å²) in [5, 5.41) is 8.67. The molecule has 24 heavy (non-hydrogen) atoms. The Morgan fingerprint density at radius 2 is 2.21 bits per heavy atom. The van der Waals surface area contributed by atoms with E-state index in [0.29, 0.717) is 5.39 Å². The summed E-state index contributed by atoms with van der Waals surface area (Å²) in [5.41, 5.74) is 2.28. The summed E-state index contributed by atoms with van der Waals surface area (Å²) in [5.74, 6) is -0.264. The number of aromatic amines is 1. The topological polar surface area (TPSA) is 79.8 Å². The van der Waals surface area contributed by atoms with E-state index < -0.39 is 0 Å². The minimum atomic E-state index is -0.264. The summed E-state index contributed by atoms with van der Waals surface area (Å²) in [4.78, 5) is 27.4. The van der Waals surface area contributed by atoms with Crippen molar-refractivity contribution in [2.75, 3.05) is 0 Å². The second-order valence-corrected chi connectivity index (χ2v) is 6.19. The van der Waals surface area contributed by atoms with Crippen LogP contribution in [0.25, 0.3) is 10.8 Å². The van der Waals surface area contributed by atoms with Crippen LogP contribution in [0.3, 0.4) is 0 Å². The Morgan fingerprint density at radius 3 is 3.08 bits per heavy atom. The van der Waals surface area contributed by atoms with Crippen LogP contribution in [-0.4, -0.2) is 20.7 Å². The van der Waals surface area contributed by atoms with Crippen LogP contribution in [-0.2, 0) is 13.5 Å². The van der Waals surface area contributed by atoms with Crippen molar-refractivity contribution >= 4 is 16.7 Å². The number of hydrogen-bond acceptors (Lipinski definition) is 3. The number of amides is 1. The molecule has 0 saturated carbocycles. The van der Waals surface area contributed by atoms with E-state index in [4.69, 9.17) is 0 Å². The molecule has 0 saturated heterocycles. The number of aromatic nitrogens is 3. The molecule has 4 rings (SSSR count). The van der Waals surface area contributed by atoms with Gasteiger partial charge >= 0.3 is 0 Å². The van der Waals surface area contributed by atoms with Crippen LogP contribution >= 0.6 is 0 Å². The molecule has 2 N–H and O–H groups in total. The van der Waals surface area contributed by atoms with Crippen molar-refractivity contribution in [3.63, 3.8) is 0 Å². The second kappa shape index (κ2) is 5.63. The van der Waals surface area contributed by atoms with Gasteiger partial charge < -0.3 is 10.3 Å². The molecule has 0 bridgehead atoms. The van der Waals surface area contributed by atoms with Crippen molar-refractivity contribution < 1.29 is 4.79 Å². The normalized spacial score (nSPS) is 16.8. The van der Waals surface area contributed by atoms with Gasteiger partial charge in [-0.05, 0) is 36.8 Å². The number of benzene rings is 1. The summed E-state index contributed by atoms with van der Waals surface area (Å²) in [7, 11) is 1.92. The molecular weight excluding hydrogens is 304 g/mol. The number of nitrogens with one attached hydrogen (secondary N) is 2. The Kier molecular flexibility index (Phi) is 3.45. The van der Waals surface area contributed by atoms with Gasteiger partial charge in [0.15, 0.2) is 0 Å². The first kappa shape index (κ1) is 14.7. The minimum Gasteiger partial charge on any atom is -0.344 e. The highest BCUT2D eigenvalue weighted by molar-refractivity contribution is 5.96. The Morgan fingerprint density at radius 1 is 1.38 bits per heavy atom. The SMILES string of the molecule is Cn1ncc2c1CCC[C@H]2NC(=O)c1cc2ccccc2c(=O)[nH]1. The monoisotopic (exact) mass is 322 g/mol. The number of H-pyrrole nitrogens is 1. The van der Waals surface area contributed by atoms with Crippen molar-refractivity contribution in [3.8, 4) is 0 Å². The van der Waals surface area contributed by atoms with Gasteiger partial charge in [-0.2, -0.15) is 5.10 Å². The molecule has 1 aliphatic carbocycles. The average Bonchev–Trinajstić information content (AvgIpc) is 2.97. The van der Waals surface area contributed by atoms with E-state index in [2.05, 4.69) is 15.4 Å². The fourth-order valence-corrected chi connectivity index (χ4v) is 3.43. The predicted octanol–water partition coefficient (Wildman–Crippen LogP) is 2.07. The maximum atomic E-state index is 12.6. The lowest BCUT2D eigenvalue weighted by molar-refractivity contribution is 0.0927. The largest absolute Gasteiger partial charge is 0.344 e.